The minimum absolute atomic E-state index is 0.0600. The number of hydrogen-bond donors (Lipinski definition) is 0. The third-order valence-corrected chi connectivity index (χ3v) is 5.95. The maximum atomic E-state index is 12.9. The Labute approximate surface area is 168 Å². The molecule has 1 aliphatic heterocycles. The van der Waals surface area contributed by atoms with E-state index in [-0.39, 0.29) is 5.91 Å². The van der Waals surface area contributed by atoms with E-state index in [1.54, 1.807) is 18.9 Å². The minimum Gasteiger partial charge on any atom is -0.497 e. The highest BCUT2D eigenvalue weighted by Gasteiger charge is 2.29. The number of rotatable bonds is 6. The first kappa shape index (κ1) is 18.6. The number of carbonyl (C=O) groups is 1. The molecule has 1 amide bonds. The van der Waals surface area contributed by atoms with Crippen molar-refractivity contribution in [1.82, 2.24) is 19.7 Å². The van der Waals surface area contributed by atoms with Crippen LogP contribution in [0.3, 0.4) is 0 Å². The number of fused-ring (bicyclic) bond motifs is 1. The van der Waals surface area contributed by atoms with Gasteiger partial charge in [-0.1, -0.05) is 48.2 Å². The van der Waals surface area contributed by atoms with Crippen molar-refractivity contribution in [3.05, 3.63) is 71.0 Å². The van der Waals surface area contributed by atoms with E-state index in [4.69, 9.17) is 4.74 Å². The van der Waals surface area contributed by atoms with E-state index in [9.17, 15) is 4.79 Å². The van der Waals surface area contributed by atoms with Crippen molar-refractivity contribution in [2.75, 3.05) is 13.7 Å². The molecule has 0 radical (unpaired) electrons. The third-order valence-electron chi connectivity index (χ3n) is 4.91. The fraction of sp³-hybridized carbons (Fsp3) is 0.286. The Balaban J connectivity index is 1.46. The third kappa shape index (κ3) is 3.75. The highest BCUT2D eigenvalue weighted by atomic mass is 32.2. The first-order valence-electron chi connectivity index (χ1n) is 9.18. The van der Waals surface area contributed by atoms with Crippen LogP contribution in [0.15, 0.2) is 53.7 Å². The lowest BCUT2D eigenvalue weighted by Gasteiger charge is -2.28. The SMILES string of the molecule is COc1cccc(CSc2nnc3n2CCN(Cc2ccccc2C)C3=O)c1. The summed E-state index contributed by atoms with van der Waals surface area (Å²) in [6.07, 6.45) is 0. The lowest BCUT2D eigenvalue weighted by molar-refractivity contribution is 0.0678. The second kappa shape index (κ2) is 8.06. The summed E-state index contributed by atoms with van der Waals surface area (Å²) in [5, 5.41) is 9.22. The monoisotopic (exact) mass is 394 g/mol. The van der Waals surface area contributed by atoms with Gasteiger partial charge in [-0.05, 0) is 35.7 Å². The van der Waals surface area contributed by atoms with Gasteiger partial charge in [-0.25, -0.2) is 0 Å². The summed E-state index contributed by atoms with van der Waals surface area (Å²) in [4.78, 5) is 14.7. The van der Waals surface area contributed by atoms with Gasteiger partial charge in [0.05, 0.1) is 7.11 Å². The molecule has 7 heteroatoms. The number of benzene rings is 2. The molecule has 4 rings (SSSR count). The van der Waals surface area contributed by atoms with Crippen LogP contribution in [-0.2, 0) is 18.8 Å². The van der Waals surface area contributed by atoms with Crippen LogP contribution in [0.25, 0.3) is 0 Å². The molecule has 0 unspecified atom stereocenters. The van der Waals surface area contributed by atoms with Crippen LogP contribution in [0.1, 0.15) is 27.3 Å². The molecule has 2 aromatic carbocycles. The molecule has 1 aromatic heterocycles. The Morgan fingerprint density at radius 3 is 2.79 bits per heavy atom. The smallest absolute Gasteiger partial charge is 0.292 e. The molecule has 0 spiro atoms. The van der Waals surface area contributed by atoms with E-state index in [2.05, 4.69) is 35.3 Å². The van der Waals surface area contributed by atoms with Crippen molar-refractivity contribution < 1.29 is 9.53 Å². The van der Waals surface area contributed by atoms with Crippen LogP contribution in [-0.4, -0.2) is 39.2 Å². The van der Waals surface area contributed by atoms with Gasteiger partial charge in [0.15, 0.2) is 5.16 Å². The molecule has 0 saturated heterocycles. The average Bonchev–Trinajstić information content (AvgIpc) is 3.14. The topological polar surface area (TPSA) is 60.3 Å². The Bertz CT molecular complexity index is 1000. The van der Waals surface area contributed by atoms with Gasteiger partial charge in [-0.2, -0.15) is 0 Å². The Hall–Kier alpha value is -2.80. The van der Waals surface area contributed by atoms with Crippen molar-refractivity contribution in [2.45, 2.75) is 30.9 Å². The van der Waals surface area contributed by atoms with Gasteiger partial charge in [0.2, 0.25) is 5.82 Å². The van der Waals surface area contributed by atoms with Crippen molar-refractivity contribution >= 4 is 17.7 Å². The molecule has 2 heterocycles. The molecule has 0 atom stereocenters. The summed E-state index contributed by atoms with van der Waals surface area (Å²) in [5.41, 5.74) is 3.50. The largest absolute Gasteiger partial charge is 0.497 e. The number of ether oxygens (including phenoxy) is 1. The Morgan fingerprint density at radius 1 is 1.11 bits per heavy atom. The zero-order valence-electron chi connectivity index (χ0n) is 16.0. The van der Waals surface area contributed by atoms with E-state index >= 15 is 0 Å². The number of hydrogen-bond acceptors (Lipinski definition) is 5. The zero-order valence-corrected chi connectivity index (χ0v) is 16.8. The maximum Gasteiger partial charge on any atom is 0.292 e. The average molecular weight is 395 g/mol. The van der Waals surface area contributed by atoms with Gasteiger partial charge >= 0.3 is 0 Å². The Kier molecular flexibility index (Phi) is 5.34. The first-order chi connectivity index (χ1) is 13.7. The van der Waals surface area contributed by atoms with Gasteiger partial charge in [-0.3, -0.25) is 9.36 Å². The van der Waals surface area contributed by atoms with E-state index in [0.29, 0.717) is 25.5 Å². The highest BCUT2D eigenvalue weighted by molar-refractivity contribution is 7.98. The number of methoxy groups -OCH3 is 1. The van der Waals surface area contributed by atoms with E-state index in [1.807, 2.05) is 39.8 Å². The summed E-state index contributed by atoms with van der Waals surface area (Å²) >= 11 is 1.59. The molecule has 28 heavy (non-hydrogen) atoms. The summed E-state index contributed by atoms with van der Waals surface area (Å²) in [6, 6.07) is 16.1. The molecular weight excluding hydrogens is 372 g/mol. The molecule has 1 aliphatic rings. The second-order valence-electron chi connectivity index (χ2n) is 6.75. The van der Waals surface area contributed by atoms with Gasteiger partial charge in [-0.15, -0.1) is 10.2 Å². The molecule has 6 nitrogen and oxygen atoms in total. The lowest BCUT2D eigenvalue weighted by atomic mass is 10.1. The normalized spacial score (nSPS) is 13.5. The van der Waals surface area contributed by atoms with Crippen molar-refractivity contribution in [1.29, 1.82) is 0 Å². The lowest BCUT2D eigenvalue weighted by Crippen LogP contribution is -2.40. The number of carbonyl (C=O) groups excluding carboxylic acids is 1. The quantitative estimate of drug-likeness (QED) is 0.599. The van der Waals surface area contributed by atoms with Crippen molar-refractivity contribution in [3.63, 3.8) is 0 Å². The van der Waals surface area contributed by atoms with Gasteiger partial charge < -0.3 is 9.64 Å². The number of aromatic nitrogens is 3. The summed E-state index contributed by atoms with van der Waals surface area (Å²) in [6.45, 7) is 4.04. The maximum absolute atomic E-state index is 12.9. The number of amides is 1. The summed E-state index contributed by atoms with van der Waals surface area (Å²) < 4.78 is 7.20. The number of aryl methyl sites for hydroxylation is 1. The molecule has 0 saturated carbocycles. The highest BCUT2D eigenvalue weighted by Crippen LogP contribution is 2.26. The van der Waals surface area contributed by atoms with Crippen molar-refractivity contribution in [2.24, 2.45) is 0 Å². The fourth-order valence-corrected chi connectivity index (χ4v) is 4.18. The fourth-order valence-electron chi connectivity index (χ4n) is 3.27. The van der Waals surface area contributed by atoms with Crippen molar-refractivity contribution in [3.8, 4) is 5.75 Å². The van der Waals surface area contributed by atoms with Crippen LogP contribution in [0.2, 0.25) is 0 Å². The van der Waals surface area contributed by atoms with Gasteiger partial charge in [0.1, 0.15) is 5.75 Å². The van der Waals surface area contributed by atoms with E-state index < -0.39 is 0 Å². The molecule has 144 valence electrons. The van der Waals surface area contributed by atoms with Gasteiger partial charge in [0, 0.05) is 25.4 Å². The minimum atomic E-state index is -0.0600. The molecule has 0 fully saturated rings. The van der Waals surface area contributed by atoms with E-state index in [0.717, 1.165) is 27.8 Å². The molecule has 0 N–H and O–H groups in total. The summed E-state index contributed by atoms with van der Waals surface area (Å²) in [7, 11) is 1.66. The van der Waals surface area contributed by atoms with Crippen LogP contribution in [0, 0.1) is 6.92 Å². The zero-order chi connectivity index (χ0) is 19.5. The van der Waals surface area contributed by atoms with Crippen LogP contribution >= 0.6 is 11.8 Å². The predicted octanol–water partition coefficient (Wildman–Crippen LogP) is 3.54. The Morgan fingerprint density at radius 2 is 1.96 bits per heavy atom. The first-order valence-corrected chi connectivity index (χ1v) is 10.2. The van der Waals surface area contributed by atoms with Crippen LogP contribution < -0.4 is 4.74 Å². The van der Waals surface area contributed by atoms with Crippen LogP contribution in [0.5, 0.6) is 5.75 Å². The predicted molar refractivity (Wildman–Crippen MR) is 108 cm³/mol. The number of nitrogens with zero attached hydrogens (tertiary/aromatic N) is 4. The molecule has 3 aromatic rings. The molecular formula is C21H22N4O2S. The molecule has 0 bridgehead atoms. The summed E-state index contributed by atoms with van der Waals surface area (Å²) in [5.74, 6) is 1.95. The van der Waals surface area contributed by atoms with Gasteiger partial charge in [0.25, 0.3) is 5.91 Å². The number of thioether (sulfide) groups is 1. The standard InChI is InChI=1S/C21H22N4O2S/c1-15-6-3-4-8-17(15)13-24-10-11-25-19(20(24)26)22-23-21(25)28-14-16-7-5-9-18(12-16)27-2/h3-9,12H,10-11,13-14H2,1-2H3. The molecule has 0 aliphatic carbocycles. The van der Waals surface area contributed by atoms with Crippen LogP contribution in [0.4, 0.5) is 0 Å². The van der Waals surface area contributed by atoms with E-state index in [1.165, 1.54) is 5.56 Å². The second-order valence-corrected chi connectivity index (χ2v) is 7.69.